The molecule has 0 saturated carbocycles. The highest BCUT2D eigenvalue weighted by atomic mass is 16.7. The lowest BCUT2D eigenvalue weighted by Crippen LogP contribution is -2.47. The van der Waals surface area contributed by atoms with Gasteiger partial charge in [-0.3, -0.25) is 0 Å². The minimum Gasteiger partial charge on any atom is -0.461 e. The topological polar surface area (TPSA) is 43.6 Å². The molecule has 1 aliphatic heterocycles. The van der Waals surface area contributed by atoms with Crippen molar-refractivity contribution >= 4 is 0 Å². The fourth-order valence-electron chi connectivity index (χ4n) is 1.60. The van der Waals surface area contributed by atoms with Crippen molar-refractivity contribution in [1.82, 2.24) is 5.32 Å². The van der Waals surface area contributed by atoms with Gasteiger partial charge in [-0.15, -0.1) is 0 Å². The van der Waals surface area contributed by atoms with Crippen LogP contribution in [-0.2, 0) is 15.3 Å². The third kappa shape index (κ3) is 2.07. The minimum absolute atomic E-state index is 0.258. The molecule has 1 aliphatic rings. The monoisotopic (exact) mass is 211 g/mol. The Hall–Kier alpha value is -0.840. The highest BCUT2D eigenvalue weighted by Gasteiger charge is 2.37. The SMILES string of the molecule is CNC1COC(C)(c2ccc(C)o2)OC1. The van der Waals surface area contributed by atoms with E-state index in [0.717, 1.165) is 11.5 Å². The van der Waals surface area contributed by atoms with Crippen LogP contribution in [0.3, 0.4) is 0 Å². The molecular weight excluding hydrogens is 194 g/mol. The molecule has 0 aliphatic carbocycles. The maximum atomic E-state index is 5.69. The van der Waals surface area contributed by atoms with Crippen LogP contribution in [-0.4, -0.2) is 26.3 Å². The smallest absolute Gasteiger partial charge is 0.225 e. The van der Waals surface area contributed by atoms with Gasteiger partial charge < -0.3 is 19.2 Å². The fraction of sp³-hybridized carbons (Fsp3) is 0.636. The van der Waals surface area contributed by atoms with Gasteiger partial charge in [-0.05, 0) is 33.0 Å². The molecule has 15 heavy (non-hydrogen) atoms. The second-order valence-electron chi connectivity index (χ2n) is 3.96. The highest BCUT2D eigenvalue weighted by Crippen LogP contribution is 2.31. The van der Waals surface area contributed by atoms with Gasteiger partial charge >= 0.3 is 0 Å². The molecule has 0 aromatic carbocycles. The number of ether oxygens (including phenoxy) is 2. The fourth-order valence-corrected chi connectivity index (χ4v) is 1.60. The van der Waals surface area contributed by atoms with Gasteiger partial charge in [0.05, 0.1) is 19.3 Å². The molecule has 0 bridgehead atoms. The Bertz CT molecular complexity index is 326. The zero-order valence-electron chi connectivity index (χ0n) is 9.37. The standard InChI is InChI=1S/C11H17NO3/c1-8-4-5-10(15-8)11(2)13-6-9(12-3)7-14-11/h4-5,9,12H,6-7H2,1-3H3. The minimum atomic E-state index is -0.735. The summed E-state index contributed by atoms with van der Waals surface area (Å²) >= 11 is 0. The molecule has 4 heteroatoms. The maximum absolute atomic E-state index is 5.69. The maximum Gasteiger partial charge on any atom is 0.225 e. The Morgan fingerprint density at radius 2 is 2.00 bits per heavy atom. The number of likely N-dealkylation sites (N-methyl/N-ethyl adjacent to an activating group) is 1. The first-order chi connectivity index (χ1) is 7.14. The Kier molecular flexibility index (Phi) is 2.82. The van der Waals surface area contributed by atoms with E-state index in [1.165, 1.54) is 0 Å². The van der Waals surface area contributed by atoms with Crippen LogP contribution in [0.4, 0.5) is 0 Å². The average molecular weight is 211 g/mol. The summed E-state index contributed by atoms with van der Waals surface area (Å²) in [5, 5.41) is 3.12. The Labute approximate surface area is 89.6 Å². The van der Waals surface area contributed by atoms with Crippen LogP contribution < -0.4 is 5.32 Å². The lowest BCUT2D eigenvalue weighted by atomic mass is 10.2. The first-order valence-corrected chi connectivity index (χ1v) is 5.16. The molecule has 1 saturated heterocycles. The summed E-state index contributed by atoms with van der Waals surface area (Å²) in [6.07, 6.45) is 0. The number of hydrogen-bond acceptors (Lipinski definition) is 4. The van der Waals surface area contributed by atoms with E-state index in [-0.39, 0.29) is 6.04 Å². The third-order valence-electron chi connectivity index (χ3n) is 2.72. The van der Waals surface area contributed by atoms with Crippen molar-refractivity contribution in [2.24, 2.45) is 0 Å². The van der Waals surface area contributed by atoms with Gasteiger partial charge in [-0.25, -0.2) is 0 Å². The van der Waals surface area contributed by atoms with Crippen molar-refractivity contribution < 1.29 is 13.9 Å². The molecule has 2 rings (SSSR count). The van der Waals surface area contributed by atoms with Gasteiger partial charge in [0.25, 0.3) is 0 Å². The van der Waals surface area contributed by atoms with E-state index in [9.17, 15) is 0 Å². The summed E-state index contributed by atoms with van der Waals surface area (Å²) in [4.78, 5) is 0. The molecule has 4 nitrogen and oxygen atoms in total. The first-order valence-electron chi connectivity index (χ1n) is 5.16. The molecule has 84 valence electrons. The van der Waals surface area contributed by atoms with Crippen LogP contribution in [0.5, 0.6) is 0 Å². The van der Waals surface area contributed by atoms with E-state index >= 15 is 0 Å². The molecule has 1 N–H and O–H groups in total. The van der Waals surface area contributed by atoms with Gasteiger partial charge in [0, 0.05) is 0 Å². The summed E-state index contributed by atoms with van der Waals surface area (Å²) in [5.41, 5.74) is 0. The molecule has 1 aromatic rings. The number of nitrogens with one attached hydrogen (secondary N) is 1. The van der Waals surface area contributed by atoms with E-state index in [4.69, 9.17) is 13.9 Å². The van der Waals surface area contributed by atoms with Gasteiger partial charge in [0.2, 0.25) is 5.79 Å². The van der Waals surface area contributed by atoms with Crippen molar-refractivity contribution in [2.75, 3.05) is 20.3 Å². The van der Waals surface area contributed by atoms with E-state index in [1.807, 2.05) is 33.0 Å². The largest absolute Gasteiger partial charge is 0.461 e. The zero-order valence-corrected chi connectivity index (χ0v) is 9.37. The molecule has 0 radical (unpaired) electrons. The summed E-state index contributed by atoms with van der Waals surface area (Å²) in [6.45, 7) is 5.06. The number of hydrogen-bond donors (Lipinski definition) is 1. The van der Waals surface area contributed by atoms with Crippen LogP contribution in [0.25, 0.3) is 0 Å². The van der Waals surface area contributed by atoms with Gasteiger partial charge in [-0.2, -0.15) is 0 Å². The van der Waals surface area contributed by atoms with E-state index in [0.29, 0.717) is 13.2 Å². The quantitative estimate of drug-likeness (QED) is 0.803. The normalized spacial score (nSPS) is 31.8. The Balaban J connectivity index is 2.09. The van der Waals surface area contributed by atoms with E-state index in [2.05, 4.69) is 5.32 Å². The lowest BCUT2D eigenvalue weighted by molar-refractivity contribution is -0.281. The van der Waals surface area contributed by atoms with E-state index in [1.54, 1.807) is 0 Å². The zero-order chi connectivity index (χ0) is 10.9. The van der Waals surface area contributed by atoms with Crippen LogP contribution in [0.15, 0.2) is 16.5 Å². The van der Waals surface area contributed by atoms with Gasteiger partial charge in [-0.1, -0.05) is 0 Å². The molecule has 0 unspecified atom stereocenters. The van der Waals surface area contributed by atoms with Gasteiger partial charge in [0.15, 0.2) is 5.76 Å². The molecule has 1 aromatic heterocycles. The second-order valence-corrected chi connectivity index (χ2v) is 3.96. The molecule has 1 fully saturated rings. The Morgan fingerprint density at radius 3 is 2.47 bits per heavy atom. The predicted octanol–water partition coefficient (Wildman–Crippen LogP) is 1.40. The van der Waals surface area contributed by atoms with E-state index < -0.39 is 5.79 Å². The highest BCUT2D eigenvalue weighted by molar-refractivity contribution is 5.10. The molecular formula is C11H17NO3. The van der Waals surface area contributed by atoms with Crippen LogP contribution in [0, 0.1) is 6.92 Å². The third-order valence-corrected chi connectivity index (χ3v) is 2.72. The second kappa shape index (κ2) is 3.96. The van der Waals surface area contributed by atoms with Crippen LogP contribution in [0.1, 0.15) is 18.4 Å². The van der Waals surface area contributed by atoms with Gasteiger partial charge in [0.1, 0.15) is 5.76 Å². The summed E-state index contributed by atoms with van der Waals surface area (Å²) in [5.74, 6) is 0.866. The molecule has 0 atom stereocenters. The number of rotatable bonds is 2. The Morgan fingerprint density at radius 1 is 1.33 bits per heavy atom. The molecule has 0 amide bonds. The number of aryl methyl sites for hydroxylation is 1. The van der Waals surface area contributed by atoms with Crippen LogP contribution >= 0.6 is 0 Å². The summed E-state index contributed by atoms with van der Waals surface area (Å²) < 4.78 is 16.9. The number of furan rings is 1. The van der Waals surface area contributed by atoms with Crippen molar-refractivity contribution in [3.63, 3.8) is 0 Å². The first kappa shape index (κ1) is 10.7. The van der Waals surface area contributed by atoms with Crippen molar-refractivity contribution in [3.05, 3.63) is 23.7 Å². The molecule has 0 spiro atoms. The van der Waals surface area contributed by atoms with Crippen molar-refractivity contribution in [2.45, 2.75) is 25.7 Å². The van der Waals surface area contributed by atoms with Crippen molar-refractivity contribution in [1.29, 1.82) is 0 Å². The summed E-state index contributed by atoms with van der Waals surface area (Å²) in [7, 11) is 1.90. The van der Waals surface area contributed by atoms with Crippen molar-refractivity contribution in [3.8, 4) is 0 Å². The average Bonchev–Trinajstić information content (AvgIpc) is 2.67. The van der Waals surface area contributed by atoms with Crippen LogP contribution in [0.2, 0.25) is 0 Å². The molecule has 2 heterocycles. The lowest BCUT2D eigenvalue weighted by Gasteiger charge is -2.35. The summed E-state index contributed by atoms with van der Waals surface area (Å²) in [6, 6.07) is 4.07. The predicted molar refractivity (Wildman–Crippen MR) is 55.5 cm³/mol.